The molecule has 0 unspecified atom stereocenters. The number of hydrogen-bond acceptors (Lipinski definition) is 4. The van der Waals surface area contributed by atoms with Crippen LogP contribution in [0.3, 0.4) is 0 Å². The van der Waals surface area contributed by atoms with Crippen LogP contribution >= 0.6 is 22.9 Å². The lowest BCUT2D eigenvalue weighted by atomic mass is 10.2. The lowest BCUT2D eigenvalue weighted by Crippen LogP contribution is -2.17. The fourth-order valence-electron chi connectivity index (χ4n) is 1.36. The predicted molar refractivity (Wildman–Crippen MR) is 72.5 cm³/mol. The van der Waals surface area contributed by atoms with Crippen molar-refractivity contribution in [3.63, 3.8) is 0 Å². The Kier molecular flexibility index (Phi) is 3.22. The Morgan fingerprint density at radius 2 is 2.24 bits per heavy atom. The van der Waals surface area contributed by atoms with Crippen LogP contribution in [0.2, 0.25) is 5.02 Å². The molecule has 4 nitrogen and oxygen atoms in total. The third kappa shape index (κ3) is 2.50. The maximum atomic E-state index is 11.6. The van der Waals surface area contributed by atoms with Gasteiger partial charge in [-0.15, -0.1) is 0 Å². The molecule has 17 heavy (non-hydrogen) atoms. The number of hydrogen-bond donors (Lipinski definition) is 2. The first-order valence-corrected chi connectivity index (χ1v) is 6.33. The van der Waals surface area contributed by atoms with Gasteiger partial charge in [0.15, 0.2) is 5.13 Å². The summed E-state index contributed by atoms with van der Waals surface area (Å²) < 4.78 is 0.869. The average molecular weight is 270 g/mol. The lowest BCUT2D eigenvalue weighted by molar-refractivity contribution is -0.118. The molecule has 1 amide bonds. The summed E-state index contributed by atoms with van der Waals surface area (Å²) in [6.07, 6.45) is 0. The van der Waals surface area contributed by atoms with Crippen molar-refractivity contribution in [3.8, 4) is 0 Å². The number of nitrogens with one attached hydrogen (secondary N) is 1. The molecule has 2 rings (SSSR count). The molecule has 3 N–H and O–H groups in total. The second kappa shape index (κ2) is 4.50. The van der Waals surface area contributed by atoms with Crippen LogP contribution in [0.5, 0.6) is 0 Å². The molecule has 0 saturated carbocycles. The number of carbonyl (C=O) groups excluding carboxylic acids is 1. The van der Waals surface area contributed by atoms with Crippen molar-refractivity contribution in [2.24, 2.45) is 5.92 Å². The van der Waals surface area contributed by atoms with E-state index in [1.165, 1.54) is 11.3 Å². The molecule has 0 aliphatic heterocycles. The SMILES string of the molecule is CC(C)C(=O)Nc1cc(Cl)c2nc(N)sc2c1. The first-order valence-electron chi connectivity index (χ1n) is 5.14. The minimum Gasteiger partial charge on any atom is -0.375 e. The largest absolute Gasteiger partial charge is 0.375 e. The average Bonchev–Trinajstić information content (AvgIpc) is 2.59. The molecule has 0 atom stereocenters. The summed E-state index contributed by atoms with van der Waals surface area (Å²) in [4.78, 5) is 15.7. The summed E-state index contributed by atoms with van der Waals surface area (Å²) >= 11 is 7.42. The number of aromatic nitrogens is 1. The standard InChI is InChI=1S/C11H12ClN3OS/c1-5(2)10(16)14-6-3-7(12)9-8(4-6)17-11(13)15-9/h3-5H,1-2H3,(H2,13,15)(H,14,16). The molecule has 1 aromatic carbocycles. The molecule has 0 aliphatic carbocycles. The van der Waals surface area contributed by atoms with E-state index in [1.54, 1.807) is 6.07 Å². The van der Waals surface area contributed by atoms with Crippen LogP contribution in [0.1, 0.15) is 13.8 Å². The number of fused-ring (bicyclic) bond motifs is 1. The topological polar surface area (TPSA) is 68.0 Å². The zero-order valence-corrected chi connectivity index (χ0v) is 11.0. The Balaban J connectivity index is 2.39. The molecule has 1 heterocycles. The van der Waals surface area contributed by atoms with Gasteiger partial charge in [-0.05, 0) is 12.1 Å². The molecule has 0 aliphatic rings. The van der Waals surface area contributed by atoms with Crippen molar-refractivity contribution in [2.75, 3.05) is 11.1 Å². The Labute approximate surface area is 108 Å². The van der Waals surface area contributed by atoms with E-state index in [2.05, 4.69) is 10.3 Å². The maximum Gasteiger partial charge on any atom is 0.226 e. The summed E-state index contributed by atoms with van der Waals surface area (Å²) in [6.45, 7) is 3.67. The zero-order chi connectivity index (χ0) is 12.6. The number of nitrogens with two attached hydrogens (primary N) is 1. The van der Waals surface area contributed by atoms with Crippen molar-refractivity contribution in [1.82, 2.24) is 4.98 Å². The van der Waals surface area contributed by atoms with E-state index >= 15 is 0 Å². The van der Waals surface area contributed by atoms with Crippen molar-refractivity contribution in [3.05, 3.63) is 17.2 Å². The van der Waals surface area contributed by atoms with Gasteiger partial charge in [0.25, 0.3) is 0 Å². The first-order chi connectivity index (χ1) is 7.97. The van der Waals surface area contributed by atoms with E-state index in [4.69, 9.17) is 17.3 Å². The summed E-state index contributed by atoms with van der Waals surface area (Å²) in [6, 6.07) is 3.51. The van der Waals surface area contributed by atoms with Crippen LogP contribution in [-0.2, 0) is 4.79 Å². The maximum absolute atomic E-state index is 11.6. The van der Waals surface area contributed by atoms with Gasteiger partial charge in [-0.25, -0.2) is 4.98 Å². The van der Waals surface area contributed by atoms with Gasteiger partial charge in [0, 0.05) is 11.6 Å². The summed E-state index contributed by atoms with van der Waals surface area (Å²) in [5.41, 5.74) is 6.97. The highest BCUT2D eigenvalue weighted by Crippen LogP contribution is 2.32. The Bertz CT molecular complexity index is 579. The highest BCUT2D eigenvalue weighted by atomic mass is 35.5. The van der Waals surface area contributed by atoms with Crippen molar-refractivity contribution >= 4 is 49.9 Å². The van der Waals surface area contributed by atoms with Crippen LogP contribution in [0.4, 0.5) is 10.8 Å². The molecule has 2 aromatic rings. The van der Waals surface area contributed by atoms with Crippen molar-refractivity contribution < 1.29 is 4.79 Å². The summed E-state index contributed by atoms with van der Waals surface area (Å²) in [5.74, 6) is -0.117. The third-order valence-corrected chi connectivity index (χ3v) is 3.38. The third-order valence-electron chi connectivity index (χ3n) is 2.26. The van der Waals surface area contributed by atoms with Gasteiger partial charge < -0.3 is 11.1 Å². The van der Waals surface area contributed by atoms with Crippen molar-refractivity contribution in [1.29, 1.82) is 0 Å². The second-order valence-corrected chi connectivity index (χ2v) is 5.47. The predicted octanol–water partition coefficient (Wildman–Crippen LogP) is 3.13. The van der Waals surface area contributed by atoms with E-state index in [-0.39, 0.29) is 11.8 Å². The van der Waals surface area contributed by atoms with Crippen molar-refractivity contribution in [2.45, 2.75) is 13.8 Å². The van der Waals surface area contributed by atoms with Crippen LogP contribution in [-0.4, -0.2) is 10.9 Å². The van der Waals surface area contributed by atoms with Crippen LogP contribution in [0, 0.1) is 5.92 Å². The number of amides is 1. The number of halogens is 1. The number of nitrogens with zero attached hydrogens (tertiary/aromatic N) is 1. The van der Waals surface area contributed by atoms with E-state index in [9.17, 15) is 4.79 Å². The summed E-state index contributed by atoms with van der Waals surface area (Å²) in [5, 5.41) is 3.76. The molecule has 0 radical (unpaired) electrons. The molecule has 6 heteroatoms. The highest BCUT2D eigenvalue weighted by molar-refractivity contribution is 7.22. The second-order valence-electron chi connectivity index (χ2n) is 4.00. The molecule has 0 spiro atoms. The molecule has 0 bridgehead atoms. The molecular weight excluding hydrogens is 258 g/mol. The lowest BCUT2D eigenvalue weighted by Gasteiger charge is -2.07. The minimum atomic E-state index is -0.0731. The number of nitrogen functional groups attached to an aromatic ring is 1. The van der Waals surface area contributed by atoms with E-state index in [0.29, 0.717) is 21.4 Å². The number of thiazole rings is 1. The molecular formula is C11H12ClN3OS. The fraction of sp³-hybridized carbons (Fsp3) is 0.273. The molecule has 0 saturated heterocycles. The van der Waals surface area contributed by atoms with Gasteiger partial charge in [-0.2, -0.15) is 0 Å². The molecule has 0 fully saturated rings. The Morgan fingerprint density at radius 3 is 2.88 bits per heavy atom. The van der Waals surface area contributed by atoms with E-state index in [0.717, 1.165) is 4.70 Å². The van der Waals surface area contributed by atoms with Gasteiger partial charge in [0.2, 0.25) is 5.91 Å². The van der Waals surface area contributed by atoms with E-state index in [1.807, 2.05) is 19.9 Å². The van der Waals surface area contributed by atoms with Crippen LogP contribution in [0.15, 0.2) is 12.1 Å². The number of anilines is 2. The van der Waals surface area contributed by atoms with Gasteiger partial charge in [-0.1, -0.05) is 36.8 Å². The molecule has 1 aromatic heterocycles. The summed E-state index contributed by atoms with van der Waals surface area (Å²) in [7, 11) is 0. The Hall–Kier alpha value is -1.33. The van der Waals surface area contributed by atoms with Crippen LogP contribution in [0.25, 0.3) is 10.2 Å². The smallest absolute Gasteiger partial charge is 0.226 e. The first kappa shape index (κ1) is 12.1. The number of rotatable bonds is 2. The monoisotopic (exact) mass is 269 g/mol. The van der Waals surface area contributed by atoms with Gasteiger partial charge >= 0.3 is 0 Å². The van der Waals surface area contributed by atoms with Gasteiger partial charge in [-0.3, -0.25) is 4.79 Å². The number of carbonyl (C=O) groups is 1. The van der Waals surface area contributed by atoms with Crippen LogP contribution < -0.4 is 11.1 Å². The zero-order valence-electron chi connectivity index (χ0n) is 9.45. The minimum absolute atomic E-state index is 0.0436. The normalized spacial score (nSPS) is 11.1. The number of benzene rings is 1. The van der Waals surface area contributed by atoms with Gasteiger partial charge in [0.05, 0.1) is 9.72 Å². The molecule has 90 valence electrons. The Morgan fingerprint density at radius 1 is 1.53 bits per heavy atom. The quantitative estimate of drug-likeness (QED) is 0.880. The van der Waals surface area contributed by atoms with E-state index < -0.39 is 0 Å². The fourth-order valence-corrected chi connectivity index (χ4v) is 2.48. The van der Waals surface area contributed by atoms with Gasteiger partial charge in [0.1, 0.15) is 5.52 Å². The highest BCUT2D eigenvalue weighted by Gasteiger charge is 2.11.